The number of amides is 1. The first kappa shape index (κ1) is 27.9. The number of benzene rings is 1. The number of rotatable bonds is 8. The van der Waals surface area contributed by atoms with Crippen molar-refractivity contribution in [3.8, 4) is 0 Å². The molecular weight excluding hydrogens is 492 g/mol. The molecule has 1 aromatic heterocycles. The van der Waals surface area contributed by atoms with Crippen LogP contribution in [0.1, 0.15) is 80.9 Å². The van der Waals surface area contributed by atoms with Crippen molar-refractivity contribution < 1.29 is 4.79 Å². The lowest BCUT2D eigenvalue weighted by Crippen LogP contribution is -2.29. The van der Waals surface area contributed by atoms with Crippen LogP contribution >= 0.6 is 0 Å². The van der Waals surface area contributed by atoms with Gasteiger partial charge in [-0.05, 0) is 116 Å². The van der Waals surface area contributed by atoms with Crippen molar-refractivity contribution >= 4 is 22.9 Å². The molecule has 5 nitrogen and oxygen atoms in total. The highest BCUT2D eigenvalue weighted by atomic mass is 16.1. The first-order valence-electron chi connectivity index (χ1n) is 14.9. The second kappa shape index (κ2) is 12.3. The van der Waals surface area contributed by atoms with Gasteiger partial charge in [0.2, 0.25) is 5.91 Å². The molecule has 0 aliphatic heterocycles. The summed E-state index contributed by atoms with van der Waals surface area (Å²) in [7, 11) is 1.99. The molecule has 3 aliphatic carbocycles. The van der Waals surface area contributed by atoms with Gasteiger partial charge in [-0.25, -0.2) is 0 Å². The van der Waals surface area contributed by atoms with Gasteiger partial charge in [0, 0.05) is 19.7 Å². The Morgan fingerprint density at radius 3 is 2.73 bits per heavy atom. The van der Waals surface area contributed by atoms with Crippen LogP contribution in [0.3, 0.4) is 0 Å². The third-order valence-electron chi connectivity index (χ3n) is 9.30. The highest BCUT2D eigenvalue weighted by Gasteiger charge is 2.36. The summed E-state index contributed by atoms with van der Waals surface area (Å²) < 4.78 is 1.90. The molecule has 1 saturated carbocycles. The zero-order valence-corrected chi connectivity index (χ0v) is 24.2. The molecule has 5 heteroatoms. The molecule has 1 aromatic carbocycles. The van der Waals surface area contributed by atoms with Crippen molar-refractivity contribution in [2.75, 3.05) is 11.1 Å². The van der Waals surface area contributed by atoms with Gasteiger partial charge in [-0.15, -0.1) is 0 Å². The molecule has 5 rings (SSSR count). The SMILES string of the molecule is C=C1C=CC=CC(c2ccc(N)c(NC(=O)CC3=CCC4(CC3)CCC(CCCc3cnn(C)c3)CC4)c2C)=C1. The van der Waals surface area contributed by atoms with Gasteiger partial charge in [0.1, 0.15) is 0 Å². The molecule has 0 atom stereocenters. The number of anilines is 2. The average Bonchev–Trinajstić information content (AvgIpc) is 3.23. The van der Waals surface area contributed by atoms with E-state index in [2.05, 4.69) is 41.4 Å². The highest BCUT2D eigenvalue weighted by molar-refractivity contribution is 5.98. The molecule has 1 amide bonds. The number of allylic oxidation sites excluding steroid dienone is 8. The van der Waals surface area contributed by atoms with E-state index in [1.54, 1.807) is 0 Å². The number of aromatic nitrogens is 2. The number of aryl methyl sites for hydroxylation is 2. The summed E-state index contributed by atoms with van der Waals surface area (Å²) in [6, 6.07) is 3.90. The third-order valence-corrected chi connectivity index (χ3v) is 9.30. The number of nitrogens with zero attached hydrogens (tertiary/aromatic N) is 2. The Morgan fingerprint density at radius 2 is 2.00 bits per heavy atom. The Morgan fingerprint density at radius 1 is 1.20 bits per heavy atom. The number of carbonyl (C=O) groups excluding carboxylic acids is 1. The maximum atomic E-state index is 13.1. The van der Waals surface area contributed by atoms with Crippen LogP contribution in [0.2, 0.25) is 0 Å². The fraction of sp³-hybridized carbons (Fsp3) is 0.429. The third kappa shape index (κ3) is 6.75. The highest BCUT2D eigenvalue weighted by Crippen LogP contribution is 2.49. The minimum absolute atomic E-state index is 0.0166. The Hall–Kier alpha value is -3.60. The van der Waals surface area contributed by atoms with Crippen LogP contribution in [0.4, 0.5) is 11.4 Å². The molecule has 0 saturated heterocycles. The first-order chi connectivity index (χ1) is 19.3. The number of nitrogens with two attached hydrogens (primary N) is 1. The topological polar surface area (TPSA) is 72.9 Å². The van der Waals surface area contributed by atoms with Gasteiger partial charge in [-0.1, -0.05) is 55.0 Å². The molecule has 0 radical (unpaired) electrons. The molecule has 3 N–H and O–H groups in total. The number of hydrogen-bond donors (Lipinski definition) is 2. The van der Waals surface area contributed by atoms with Gasteiger partial charge in [0.05, 0.1) is 17.6 Å². The lowest BCUT2D eigenvalue weighted by Gasteiger charge is -2.42. The van der Waals surface area contributed by atoms with E-state index in [0.717, 1.165) is 47.5 Å². The van der Waals surface area contributed by atoms with Crippen molar-refractivity contribution in [2.24, 2.45) is 18.4 Å². The summed E-state index contributed by atoms with van der Waals surface area (Å²) in [4.78, 5) is 13.1. The zero-order valence-electron chi connectivity index (χ0n) is 24.2. The van der Waals surface area contributed by atoms with Crippen LogP contribution in [0, 0.1) is 18.3 Å². The Kier molecular flexibility index (Phi) is 8.58. The van der Waals surface area contributed by atoms with E-state index in [4.69, 9.17) is 5.73 Å². The monoisotopic (exact) mass is 536 g/mol. The van der Waals surface area contributed by atoms with Gasteiger partial charge in [0.25, 0.3) is 0 Å². The lowest BCUT2D eigenvalue weighted by atomic mass is 9.63. The Balaban J connectivity index is 1.12. The molecule has 0 unspecified atom stereocenters. The maximum Gasteiger partial charge on any atom is 0.228 e. The summed E-state index contributed by atoms with van der Waals surface area (Å²) >= 11 is 0. The smallest absolute Gasteiger partial charge is 0.228 e. The van der Waals surface area contributed by atoms with Crippen LogP contribution < -0.4 is 11.1 Å². The van der Waals surface area contributed by atoms with E-state index in [0.29, 0.717) is 23.2 Å². The van der Waals surface area contributed by atoms with E-state index >= 15 is 0 Å². The van der Waals surface area contributed by atoms with Crippen molar-refractivity contribution in [1.82, 2.24) is 9.78 Å². The van der Waals surface area contributed by atoms with E-state index < -0.39 is 0 Å². The summed E-state index contributed by atoms with van der Waals surface area (Å²) in [5, 5.41) is 7.43. The van der Waals surface area contributed by atoms with Crippen molar-refractivity contribution in [3.05, 3.63) is 95.4 Å². The molecule has 0 bridgehead atoms. The molecule has 1 spiro atoms. The Bertz CT molecular complexity index is 1380. The van der Waals surface area contributed by atoms with Gasteiger partial charge in [-0.2, -0.15) is 5.10 Å². The molecule has 210 valence electrons. The van der Waals surface area contributed by atoms with Gasteiger partial charge in [0.15, 0.2) is 0 Å². The van der Waals surface area contributed by atoms with Crippen molar-refractivity contribution in [2.45, 2.75) is 77.6 Å². The summed E-state index contributed by atoms with van der Waals surface area (Å²) in [6.07, 6.45) is 29.5. The fourth-order valence-corrected chi connectivity index (χ4v) is 6.78. The van der Waals surface area contributed by atoms with E-state index in [1.165, 1.54) is 56.1 Å². The zero-order chi connectivity index (χ0) is 28.1. The fourth-order valence-electron chi connectivity index (χ4n) is 6.78. The molecule has 1 heterocycles. The largest absolute Gasteiger partial charge is 0.397 e. The summed E-state index contributed by atoms with van der Waals surface area (Å²) in [5.41, 5.74) is 14.7. The molecule has 3 aliphatic rings. The van der Waals surface area contributed by atoms with Crippen LogP contribution in [-0.4, -0.2) is 15.7 Å². The van der Waals surface area contributed by atoms with Crippen molar-refractivity contribution in [1.29, 1.82) is 0 Å². The van der Waals surface area contributed by atoms with Gasteiger partial charge in [-0.3, -0.25) is 9.48 Å². The second-order valence-corrected chi connectivity index (χ2v) is 12.2. The van der Waals surface area contributed by atoms with Gasteiger partial charge < -0.3 is 11.1 Å². The lowest BCUT2D eigenvalue weighted by molar-refractivity contribution is -0.115. The quantitative estimate of drug-likeness (QED) is 0.265. The summed E-state index contributed by atoms with van der Waals surface area (Å²) in [5.74, 6) is 0.879. The van der Waals surface area contributed by atoms with E-state index in [-0.39, 0.29) is 5.91 Å². The Labute approximate surface area is 239 Å². The van der Waals surface area contributed by atoms with Crippen LogP contribution in [0.15, 0.2) is 78.7 Å². The minimum Gasteiger partial charge on any atom is -0.397 e. The number of nitrogen functional groups attached to an aromatic ring is 1. The molecule has 1 fully saturated rings. The maximum absolute atomic E-state index is 13.1. The number of nitrogens with one attached hydrogen (secondary N) is 1. The van der Waals surface area contributed by atoms with Crippen LogP contribution in [-0.2, 0) is 18.3 Å². The van der Waals surface area contributed by atoms with E-state index in [9.17, 15) is 4.79 Å². The van der Waals surface area contributed by atoms with Crippen LogP contribution in [0.25, 0.3) is 5.57 Å². The number of hydrogen-bond acceptors (Lipinski definition) is 3. The predicted molar refractivity (Wildman–Crippen MR) is 167 cm³/mol. The second-order valence-electron chi connectivity index (χ2n) is 12.2. The molecule has 40 heavy (non-hydrogen) atoms. The number of carbonyl (C=O) groups is 1. The minimum atomic E-state index is 0.0166. The van der Waals surface area contributed by atoms with Crippen molar-refractivity contribution in [3.63, 3.8) is 0 Å². The molecular formula is C35H44N4O. The first-order valence-corrected chi connectivity index (χ1v) is 14.9. The molecule has 2 aromatic rings. The van der Waals surface area contributed by atoms with Gasteiger partial charge >= 0.3 is 0 Å². The van der Waals surface area contributed by atoms with Crippen LogP contribution in [0.5, 0.6) is 0 Å². The standard InChI is InChI=1S/C35H44N4O/c1-25-7-4-5-10-30(21-25)31-11-12-32(36)34(26(31)2)38-33(40)22-28-15-19-35(20-16-28)17-13-27(14-18-35)8-6-9-29-23-37-39(3)24-29/h4-5,7,10-12,15,21,23-24,27H,1,6,8-9,13-14,16-20,22,36H2,2-3H3,(H,38,40). The normalized spacial score (nSPS) is 22.6. The average molecular weight is 537 g/mol. The summed E-state index contributed by atoms with van der Waals surface area (Å²) in [6.45, 7) is 6.11. The van der Waals surface area contributed by atoms with E-state index in [1.807, 2.05) is 55.2 Å². The predicted octanol–water partition coefficient (Wildman–Crippen LogP) is 8.01.